The Morgan fingerprint density at radius 1 is 1.04 bits per heavy atom. The van der Waals surface area contributed by atoms with Crippen LogP contribution in [-0.2, 0) is 11.2 Å². The van der Waals surface area contributed by atoms with Crippen molar-refractivity contribution in [3.63, 3.8) is 0 Å². The van der Waals surface area contributed by atoms with Gasteiger partial charge in [-0.25, -0.2) is 4.79 Å². The van der Waals surface area contributed by atoms with Crippen molar-refractivity contribution in [3.05, 3.63) is 64.1 Å². The summed E-state index contributed by atoms with van der Waals surface area (Å²) < 4.78 is 0.955. The zero-order valence-electron chi connectivity index (χ0n) is 14.1. The molecular weight excluding hydrogens is 382 g/mol. The molecular formula is C19H22BrN3O2. The number of anilines is 1. The largest absolute Gasteiger partial charge is 0.338 e. The van der Waals surface area contributed by atoms with Crippen molar-refractivity contribution in [3.8, 4) is 0 Å². The molecule has 6 heteroatoms. The van der Waals surface area contributed by atoms with Gasteiger partial charge in [0.05, 0.1) is 6.54 Å². The number of hydrogen-bond donors (Lipinski definition) is 3. The van der Waals surface area contributed by atoms with E-state index in [4.69, 9.17) is 0 Å². The first-order valence-electron chi connectivity index (χ1n) is 8.16. The first kappa shape index (κ1) is 19.0. The van der Waals surface area contributed by atoms with Crippen molar-refractivity contribution < 1.29 is 9.59 Å². The predicted octanol–water partition coefficient (Wildman–Crippen LogP) is 3.63. The third kappa shape index (κ3) is 6.97. The Balaban J connectivity index is 1.63. The minimum absolute atomic E-state index is 0.0694. The highest BCUT2D eigenvalue weighted by Crippen LogP contribution is 2.19. The van der Waals surface area contributed by atoms with E-state index in [1.807, 2.05) is 43.3 Å². The molecule has 0 atom stereocenters. The average Bonchev–Trinajstić information content (AvgIpc) is 2.60. The topological polar surface area (TPSA) is 70.2 Å². The Labute approximate surface area is 156 Å². The van der Waals surface area contributed by atoms with Crippen molar-refractivity contribution in [1.82, 2.24) is 10.6 Å². The Hall–Kier alpha value is -2.34. The lowest BCUT2D eigenvalue weighted by Crippen LogP contribution is -2.40. The number of rotatable bonds is 7. The molecule has 0 radical (unpaired) electrons. The molecule has 2 aromatic carbocycles. The number of aryl methyl sites for hydroxylation is 2. The van der Waals surface area contributed by atoms with Crippen LogP contribution in [0.15, 0.2) is 53.0 Å². The van der Waals surface area contributed by atoms with Crippen LogP contribution in [0.1, 0.15) is 17.5 Å². The van der Waals surface area contributed by atoms with E-state index in [1.54, 1.807) is 0 Å². The zero-order chi connectivity index (χ0) is 18.1. The first-order chi connectivity index (χ1) is 12.0. The number of hydrogen-bond acceptors (Lipinski definition) is 2. The standard InChI is InChI=1S/C19H22BrN3O2/c1-14-12-16(20)9-10-17(14)23-18(24)13-22-19(25)21-11-5-8-15-6-3-2-4-7-15/h2-4,6-7,9-10,12H,5,8,11,13H2,1H3,(H,23,24)(H2,21,22,25). The van der Waals surface area contributed by atoms with Gasteiger partial charge in [0.15, 0.2) is 0 Å². The van der Waals surface area contributed by atoms with Gasteiger partial charge in [-0.2, -0.15) is 0 Å². The lowest BCUT2D eigenvalue weighted by molar-refractivity contribution is -0.115. The zero-order valence-corrected chi connectivity index (χ0v) is 15.7. The molecule has 0 heterocycles. The molecule has 0 aliphatic carbocycles. The van der Waals surface area contributed by atoms with Gasteiger partial charge in [0.25, 0.3) is 0 Å². The van der Waals surface area contributed by atoms with Gasteiger partial charge in [-0.05, 0) is 49.1 Å². The van der Waals surface area contributed by atoms with Crippen LogP contribution < -0.4 is 16.0 Å². The number of carbonyl (C=O) groups excluding carboxylic acids is 2. The molecule has 0 saturated carbocycles. The Kier molecular flexibility index (Phi) is 7.47. The molecule has 3 amide bonds. The number of benzene rings is 2. The maximum absolute atomic E-state index is 11.9. The van der Waals surface area contributed by atoms with E-state index in [1.165, 1.54) is 5.56 Å². The minimum Gasteiger partial charge on any atom is -0.338 e. The summed E-state index contributed by atoms with van der Waals surface area (Å²) in [5.41, 5.74) is 2.93. The van der Waals surface area contributed by atoms with Crippen LogP contribution in [0.5, 0.6) is 0 Å². The smallest absolute Gasteiger partial charge is 0.315 e. The number of carbonyl (C=O) groups is 2. The molecule has 132 valence electrons. The molecule has 0 aliphatic rings. The molecule has 25 heavy (non-hydrogen) atoms. The maximum Gasteiger partial charge on any atom is 0.315 e. The number of urea groups is 1. The van der Waals surface area contributed by atoms with E-state index >= 15 is 0 Å². The van der Waals surface area contributed by atoms with E-state index in [2.05, 4.69) is 44.0 Å². The third-order valence-corrected chi connectivity index (χ3v) is 4.14. The summed E-state index contributed by atoms with van der Waals surface area (Å²) in [7, 11) is 0. The number of nitrogens with one attached hydrogen (secondary N) is 3. The molecule has 2 rings (SSSR count). The van der Waals surface area contributed by atoms with E-state index in [0.29, 0.717) is 6.54 Å². The highest BCUT2D eigenvalue weighted by Gasteiger charge is 2.07. The Morgan fingerprint density at radius 3 is 2.52 bits per heavy atom. The van der Waals surface area contributed by atoms with Gasteiger partial charge in [0, 0.05) is 16.7 Å². The van der Waals surface area contributed by atoms with E-state index < -0.39 is 0 Å². The molecule has 0 saturated heterocycles. The molecule has 0 spiro atoms. The monoisotopic (exact) mass is 403 g/mol. The second kappa shape index (κ2) is 9.84. The lowest BCUT2D eigenvalue weighted by Gasteiger charge is -2.10. The molecule has 0 aromatic heterocycles. The molecule has 2 aromatic rings. The van der Waals surface area contributed by atoms with Gasteiger partial charge in [-0.15, -0.1) is 0 Å². The highest BCUT2D eigenvalue weighted by molar-refractivity contribution is 9.10. The summed E-state index contributed by atoms with van der Waals surface area (Å²) in [6, 6.07) is 15.4. The second-order valence-corrected chi connectivity index (χ2v) is 6.62. The molecule has 5 nitrogen and oxygen atoms in total. The molecule has 3 N–H and O–H groups in total. The average molecular weight is 404 g/mol. The summed E-state index contributed by atoms with van der Waals surface area (Å²) in [5.74, 6) is -0.259. The molecule has 0 unspecified atom stereocenters. The predicted molar refractivity (Wildman–Crippen MR) is 104 cm³/mol. The van der Waals surface area contributed by atoms with Gasteiger partial charge >= 0.3 is 6.03 Å². The molecule has 0 aliphatic heterocycles. The second-order valence-electron chi connectivity index (χ2n) is 5.71. The summed E-state index contributed by atoms with van der Waals surface area (Å²) in [6.07, 6.45) is 1.76. The number of halogens is 1. The summed E-state index contributed by atoms with van der Waals surface area (Å²) >= 11 is 3.38. The first-order valence-corrected chi connectivity index (χ1v) is 8.95. The number of amides is 3. The maximum atomic E-state index is 11.9. The van der Waals surface area contributed by atoms with Crippen LogP contribution in [0.2, 0.25) is 0 Å². The van der Waals surface area contributed by atoms with Gasteiger partial charge in [-0.1, -0.05) is 46.3 Å². The fraction of sp³-hybridized carbons (Fsp3) is 0.263. The van der Waals surface area contributed by atoms with Gasteiger partial charge in [0.2, 0.25) is 5.91 Å². The normalized spacial score (nSPS) is 10.2. The highest BCUT2D eigenvalue weighted by atomic mass is 79.9. The third-order valence-electron chi connectivity index (χ3n) is 3.64. The van der Waals surface area contributed by atoms with Gasteiger partial charge in [-0.3, -0.25) is 4.79 Å². The van der Waals surface area contributed by atoms with Crippen LogP contribution in [0.4, 0.5) is 10.5 Å². The summed E-state index contributed by atoms with van der Waals surface area (Å²) in [4.78, 5) is 23.6. The van der Waals surface area contributed by atoms with Crippen LogP contribution in [0.25, 0.3) is 0 Å². The van der Waals surface area contributed by atoms with Crippen molar-refractivity contribution in [2.24, 2.45) is 0 Å². The van der Waals surface area contributed by atoms with Crippen LogP contribution in [0.3, 0.4) is 0 Å². The molecule has 0 fully saturated rings. The van der Waals surface area contributed by atoms with Crippen molar-refractivity contribution in [2.45, 2.75) is 19.8 Å². The van der Waals surface area contributed by atoms with Crippen LogP contribution in [0, 0.1) is 6.92 Å². The fourth-order valence-corrected chi connectivity index (χ4v) is 2.80. The van der Waals surface area contributed by atoms with E-state index in [-0.39, 0.29) is 18.5 Å². The van der Waals surface area contributed by atoms with Crippen molar-refractivity contribution in [2.75, 3.05) is 18.4 Å². The Bertz CT molecular complexity index is 720. The van der Waals surface area contributed by atoms with Crippen LogP contribution in [-0.4, -0.2) is 25.0 Å². The lowest BCUT2D eigenvalue weighted by atomic mass is 10.1. The minimum atomic E-state index is -0.337. The quantitative estimate of drug-likeness (QED) is 0.617. The van der Waals surface area contributed by atoms with Gasteiger partial charge < -0.3 is 16.0 Å². The molecule has 0 bridgehead atoms. The van der Waals surface area contributed by atoms with Gasteiger partial charge in [0.1, 0.15) is 0 Å². The SMILES string of the molecule is Cc1cc(Br)ccc1NC(=O)CNC(=O)NCCCc1ccccc1. The van der Waals surface area contributed by atoms with Crippen molar-refractivity contribution >= 4 is 33.6 Å². The van der Waals surface area contributed by atoms with Crippen molar-refractivity contribution in [1.29, 1.82) is 0 Å². The summed E-state index contributed by atoms with van der Waals surface area (Å²) in [5, 5.41) is 8.09. The Morgan fingerprint density at radius 2 is 1.80 bits per heavy atom. The van der Waals surface area contributed by atoms with E-state index in [9.17, 15) is 9.59 Å². The van der Waals surface area contributed by atoms with E-state index in [0.717, 1.165) is 28.6 Å². The van der Waals surface area contributed by atoms with Crippen LogP contribution >= 0.6 is 15.9 Å². The summed E-state index contributed by atoms with van der Waals surface area (Å²) in [6.45, 7) is 2.40. The fourth-order valence-electron chi connectivity index (χ4n) is 2.32.